The second-order valence-electron chi connectivity index (χ2n) is 4.42. The summed E-state index contributed by atoms with van der Waals surface area (Å²) in [6.45, 7) is 3.00. The number of aromatic nitrogens is 2. The van der Waals surface area contributed by atoms with Gasteiger partial charge in [-0.15, -0.1) is 23.4 Å². The predicted molar refractivity (Wildman–Crippen MR) is 75.0 cm³/mol. The molecule has 2 rings (SSSR count). The Morgan fingerprint density at radius 3 is 2.83 bits per heavy atom. The van der Waals surface area contributed by atoms with Gasteiger partial charge in [0.05, 0.1) is 5.03 Å². The second-order valence-corrected chi connectivity index (χ2v) is 5.88. The van der Waals surface area contributed by atoms with E-state index in [1.807, 2.05) is 6.92 Å². The van der Waals surface area contributed by atoms with E-state index >= 15 is 0 Å². The highest BCUT2D eigenvalue weighted by molar-refractivity contribution is 7.99. The van der Waals surface area contributed by atoms with E-state index in [0.29, 0.717) is 18.0 Å². The van der Waals surface area contributed by atoms with E-state index in [-0.39, 0.29) is 11.2 Å². The molecule has 6 heteroatoms. The van der Waals surface area contributed by atoms with Crippen LogP contribution >= 0.6 is 23.4 Å². The highest BCUT2D eigenvalue weighted by atomic mass is 35.5. The Morgan fingerprint density at radius 2 is 2.11 bits per heavy atom. The summed E-state index contributed by atoms with van der Waals surface area (Å²) in [4.78, 5) is 24.4. The fraction of sp³-hybridized carbons (Fsp3) is 0.667. The summed E-state index contributed by atoms with van der Waals surface area (Å²) >= 11 is 7.23. The molecule has 0 fully saturated rings. The second kappa shape index (κ2) is 5.97. The molecule has 1 aromatic rings. The van der Waals surface area contributed by atoms with Crippen LogP contribution in [0.3, 0.4) is 0 Å². The number of rotatable bonds is 4. The maximum absolute atomic E-state index is 12.3. The minimum atomic E-state index is -0.164. The van der Waals surface area contributed by atoms with Crippen molar-refractivity contribution in [2.75, 3.05) is 11.6 Å². The lowest BCUT2D eigenvalue weighted by Gasteiger charge is -2.20. The maximum atomic E-state index is 12.3. The van der Waals surface area contributed by atoms with E-state index in [2.05, 4.69) is 0 Å². The van der Waals surface area contributed by atoms with Crippen molar-refractivity contribution in [3.8, 4) is 0 Å². The Labute approximate surface area is 115 Å². The zero-order chi connectivity index (χ0) is 13.1. The summed E-state index contributed by atoms with van der Waals surface area (Å²) in [5.41, 5.74) is 0.391. The van der Waals surface area contributed by atoms with Gasteiger partial charge in [0.1, 0.15) is 0 Å². The van der Waals surface area contributed by atoms with Gasteiger partial charge in [0.25, 0.3) is 5.56 Å². The number of fused-ring (bicyclic) bond motifs is 1. The van der Waals surface area contributed by atoms with Crippen LogP contribution in [0.2, 0.25) is 0 Å². The molecule has 0 spiro atoms. The maximum Gasteiger partial charge on any atom is 0.331 e. The molecular formula is C12H17ClN2O2S. The van der Waals surface area contributed by atoms with Crippen LogP contribution in [-0.2, 0) is 13.1 Å². The molecule has 0 bridgehead atoms. The SMILES string of the molecule is Cc1c2n(c(=O)n(CCCCCl)c1=O)CCCS2. The molecule has 1 aliphatic rings. The summed E-state index contributed by atoms with van der Waals surface area (Å²) in [6.07, 6.45) is 2.57. The minimum Gasteiger partial charge on any atom is -0.288 e. The molecular weight excluding hydrogens is 272 g/mol. The first-order valence-electron chi connectivity index (χ1n) is 6.20. The van der Waals surface area contributed by atoms with Crippen molar-refractivity contribution in [2.24, 2.45) is 0 Å². The molecule has 0 radical (unpaired) electrons. The molecule has 18 heavy (non-hydrogen) atoms. The van der Waals surface area contributed by atoms with E-state index in [0.717, 1.165) is 36.6 Å². The van der Waals surface area contributed by atoms with Crippen molar-refractivity contribution in [2.45, 2.75) is 44.3 Å². The summed E-state index contributed by atoms with van der Waals surface area (Å²) in [7, 11) is 0. The van der Waals surface area contributed by atoms with Crippen LogP contribution in [0.25, 0.3) is 0 Å². The Balaban J connectivity index is 2.44. The Hall–Kier alpha value is -0.680. The van der Waals surface area contributed by atoms with Crippen molar-refractivity contribution < 1.29 is 0 Å². The highest BCUT2D eigenvalue weighted by Crippen LogP contribution is 2.24. The summed E-state index contributed by atoms with van der Waals surface area (Å²) in [6, 6.07) is 0. The number of alkyl halides is 1. The zero-order valence-electron chi connectivity index (χ0n) is 10.4. The molecule has 0 aromatic carbocycles. The quantitative estimate of drug-likeness (QED) is 0.482. The molecule has 0 N–H and O–H groups in total. The Bertz CT molecular complexity index is 550. The number of hydrogen-bond donors (Lipinski definition) is 0. The first-order valence-corrected chi connectivity index (χ1v) is 7.72. The van der Waals surface area contributed by atoms with Gasteiger partial charge in [0, 0.05) is 30.3 Å². The molecule has 0 atom stereocenters. The summed E-state index contributed by atoms with van der Waals surface area (Å²) < 4.78 is 3.10. The fourth-order valence-corrected chi connectivity index (χ4v) is 3.44. The van der Waals surface area contributed by atoms with Crippen molar-refractivity contribution in [1.29, 1.82) is 0 Å². The van der Waals surface area contributed by atoms with Gasteiger partial charge < -0.3 is 0 Å². The van der Waals surface area contributed by atoms with Gasteiger partial charge >= 0.3 is 5.69 Å². The molecule has 0 amide bonds. The van der Waals surface area contributed by atoms with E-state index in [4.69, 9.17) is 11.6 Å². The lowest BCUT2D eigenvalue weighted by molar-refractivity contribution is 0.487. The highest BCUT2D eigenvalue weighted by Gasteiger charge is 2.18. The molecule has 4 nitrogen and oxygen atoms in total. The van der Waals surface area contributed by atoms with Gasteiger partial charge in [0.15, 0.2) is 0 Å². The lowest BCUT2D eigenvalue weighted by Crippen LogP contribution is -2.43. The minimum absolute atomic E-state index is 0.143. The van der Waals surface area contributed by atoms with E-state index in [1.165, 1.54) is 4.57 Å². The van der Waals surface area contributed by atoms with Crippen LogP contribution in [0.1, 0.15) is 24.8 Å². The fourth-order valence-electron chi connectivity index (χ4n) is 2.15. The van der Waals surface area contributed by atoms with Crippen molar-refractivity contribution in [1.82, 2.24) is 9.13 Å². The van der Waals surface area contributed by atoms with Crippen LogP contribution in [-0.4, -0.2) is 20.8 Å². The molecule has 1 aliphatic heterocycles. The Kier molecular flexibility index (Phi) is 4.56. The summed E-state index contributed by atoms with van der Waals surface area (Å²) in [5.74, 6) is 1.55. The standard InChI is InChI=1S/C12H17ClN2O2S/c1-9-10(16)14(6-3-2-5-13)12(17)15-7-4-8-18-11(9)15/h2-8H2,1H3. The number of nitrogens with zero attached hydrogens (tertiary/aromatic N) is 2. The smallest absolute Gasteiger partial charge is 0.288 e. The number of halogens is 1. The number of thioether (sulfide) groups is 1. The van der Waals surface area contributed by atoms with Gasteiger partial charge in [-0.25, -0.2) is 4.79 Å². The van der Waals surface area contributed by atoms with Crippen LogP contribution in [0, 0.1) is 6.92 Å². The van der Waals surface area contributed by atoms with Gasteiger partial charge in [-0.05, 0) is 26.2 Å². The average molecular weight is 289 g/mol. The Morgan fingerprint density at radius 1 is 1.33 bits per heavy atom. The van der Waals surface area contributed by atoms with Crippen molar-refractivity contribution in [3.05, 3.63) is 26.4 Å². The largest absolute Gasteiger partial charge is 0.331 e. The molecule has 1 aromatic heterocycles. The van der Waals surface area contributed by atoms with E-state index in [1.54, 1.807) is 16.3 Å². The molecule has 0 aliphatic carbocycles. The van der Waals surface area contributed by atoms with Crippen LogP contribution < -0.4 is 11.2 Å². The van der Waals surface area contributed by atoms with Crippen LogP contribution in [0.5, 0.6) is 0 Å². The van der Waals surface area contributed by atoms with E-state index < -0.39 is 0 Å². The summed E-state index contributed by atoms with van der Waals surface area (Å²) in [5, 5.41) is 0.852. The molecule has 0 saturated carbocycles. The third-order valence-corrected chi connectivity index (χ3v) is 4.68. The topological polar surface area (TPSA) is 44.0 Å². The third-order valence-electron chi connectivity index (χ3n) is 3.12. The first-order chi connectivity index (χ1) is 8.66. The monoisotopic (exact) mass is 288 g/mol. The first kappa shape index (κ1) is 13.7. The van der Waals surface area contributed by atoms with E-state index in [9.17, 15) is 9.59 Å². The zero-order valence-corrected chi connectivity index (χ0v) is 12.0. The number of hydrogen-bond acceptors (Lipinski definition) is 3. The number of unbranched alkanes of at least 4 members (excludes halogenated alkanes) is 1. The average Bonchev–Trinajstić information content (AvgIpc) is 2.40. The molecule has 2 heterocycles. The van der Waals surface area contributed by atoms with Gasteiger partial charge in [-0.2, -0.15) is 0 Å². The van der Waals surface area contributed by atoms with Crippen LogP contribution in [0.4, 0.5) is 0 Å². The predicted octanol–water partition coefficient (Wildman–Crippen LogP) is 1.83. The van der Waals surface area contributed by atoms with Crippen molar-refractivity contribution in [3.63, 3.8) is 0 Å². The van der Waals surface area contributed by atoms with Gasteiger partial charge in [-0.1, -0.05) is 0 Å². The third kappa shape index (κ3) is 2.52. The van der Waals surface area contributed by atoms with Crippen LogP contribution in [0.15, 0.2) is 14.6 Å². The molecule has 0 saturated heterocycles. The lowest BCUT2D eigenvalue weighted by atomic mass is 10.3. The van der Waals surface area contributed by atoms with Crippen molar-refractivity contribution >= 4 is 23.4 Å². The van der Waals surface area contributed by atoms with Gasteiger partial charge in [-0.3, -0.25) is 13.9 Å². The molecule has 0 unspecified atom stereocenters. The molecule has 100 valence electrons. The normalized spacial score (nSPS) is 14.6. The van der Waals surface area contributed by atoms with Gasteiger partial charge in [0.2, 0.25) is 0 Å².